The number of rotatable bonds is 4. The molecule has 1 aliphatic heterocycles. The third-order valence-electron chi connectivity index (χ3n) is 3.52. The maximum atomic E-state index is 12.3. The van der Waals surface area contributed by atoms with Crippen LogP contribution in [0.4, 0.5) is 17.1 Å². The van der Waals surface area contributed by atoms with Crippen LogP contribution in [0.5, 0.6) is 5.75 Å². The molecule has 1 heterocycles. The van der Waals surface area contributed by atoms with Crippen LogP contribution in [-0.2, 0) is 9.59 Å². The number of ether oxygens (including phenoxy) is 1. The van der Waals surface area contributed by atoms with Crippen LogP contribution in [0.15, 0.2) is 42.5 Å². The van der Waals surface area contributed by atoms with Crippen molar-refractivity contribution in [2.75, 3.05) is 23.3 Å². The van der Waals surface area contributed by atoms with Gasteiger partial charge in [-0.05, 0) is 18.2 Å². The van der Waals surface area contributed by atoms with Gasteiger partial charge in [-0.2, -0.15) is 0 Å². The third kappa shape index (κ3) is 3.69. The summed E-state index contributed by atoms with van der Waals surface area (Å²) in [5.74, 6) is -0.486. The van der Waals surface area contributed by atoms with Crippen molar-refractivity contribution in [1.29, 1.82) is 0 Å². The van der Waals surface area contributed by atoms with E-state index >= 15 is 0 Å². The van der Waals surface area contributed by atoms with Crippen molar-refractivity contribution >= 4 is 40.5 Å². The van der Waals surface area contributed by atoms with E-state index < -0.39 is 16.8 Å². The van der Waals surface area contributed by atoms with Gasteiger partial charge in [0.25, 0.3) is 5.69 Å². The molecule has 8 nitrogen and oxygen atoms in total. The SMILES string of the molecule is O=C(CN1CC(=O)Oc2ccccc21)Nc1ccc([N+](=O)[O-])cc1Cl. The minimum atomic E-state index is -0.576. The van der Waals surface area contributed by atoms with Crippen LogP contribution in [-0.4, -0.2) is 29.9 Å². The molecule has 1 aliphatic rings. The van der Waals surface area contributed by atoms with Gasteiger partial charge in [-0.25, -0.2) is 4.79 Å². The lowest BCUT2D eigenvalue weighted by molar-refractivity contribution is -0.384. The number of nitrogens with zero attached hydrogens (tertiary/aromatic N) is 2. The van der Waals surface area contributed by atoms with Gasteiger partial charge in [-0.1, -0.05) is 23.7 Å². The van der Waals surface area contributed by atoms with E-state index in [1.54, 1.807) is 29.2 Å². The molecule has 0 fully saturated rings. The molecule has 128 valence electrons. The standard InChI is InChI=1S/C16H12ClN3O5/c17-11-7-10(20(23)24)5-6-12(11)18-15(21)8-19-9-16(22)25-14-4-2-1-3-13(14)19/h1-7H,8-9H2,(H,18,21). The summed E-state index contributed by atoms with van der Waals surface area (Å²) in [6, 6.07) is 10.7. The zero-order valence-corrected chi connectivity index (χ0v) is 13.5. The molecule has 1 amide bonds. The molecule has 0 aromatic heterocycles. The second kappa shape index (κ2) is 6.78. The van der Waals surface area contributed by atoms with Crippen LogP contribution < -0.4 is 15.0 Å². The lowest BCUT2D eigenvalue weighted by Gasteiger charge is -2.29. The number of halogens is 1. The van der Waals surface area contributed by atoms with Crippen molar-refractivity contribution in [1.82, 2.24) is 0 Å². The quantitative estimate of drug-likeness (QED) is 0.388. The average Bonchev–Trinajstić information content (AvgIpc) is 2.56. The molecular formula is C16H12ClN3O5. The lowest BCUT2D eigenvalue weighted by atomic mass is 10.2. The van der Waals surface area contributed by atoms with Gasteiger partial charge in [-0.3, -0.25) is 14.9 Å². The van der Waals surface area contributed by atoms with Crippen LogP contribution in [0.25, 0.3) is 0 Å². The molecule has 1 N–H and O–H groups in total. The highest BCUT2D eigenvalue weighted by molar-refractivity contribution is 6.34. The van der Waals surface area contributed by atoms with Gasteiger partial charge in [-0.15, -0.1) is 0 Å². The Hall–Kier alpha value is -3.13. The maximum absolute atomic E-state index is 12.3. The number of carbonyl (C=O) groups is 2. The Morgan fingerprint density at radius 1 is 1.32 bits per heavy atom. The van der Waals surface area contributed by atoms with Gasteiger partial charge in [0, 0.05) is 12.1 Å². The molecular weight excluding hydrogens is 350 g/mol. The highest BCUT2D eigenvalue weighted by Gasteiger charge is 2.25. The van der Waals surface area contributed by atoms with E-state index in [0.717, 1.165) is 6.07 Å². The van der Waals surface area contributed by atoms with Crippen LogP contribution in [0.1, 0.15) is 0 Å². The monoisotopic (exact) mass is 361 g/mol. The summed E-state index contributed by atoms with van der Waals surface area (Å²) in [5.41, 5.74) is 0.716. The number of para-hydroxylation sites is 2. The van der Waals surface area contributed by atoms with Gasteiger partial charge < -0.3 is 15.0 Å². The van der Waals surface area contributed by atoms with Gasteiger partial charge in [0.05, 0.1) is 27.9 Å². The largest absolute Gasteiger partial charge is 0.423 e. The molecule has 0 unspecified atom stereocenters. The summed E-state index contributed by atoms with van der Waals surface area (Å²) < 4.78 is 5.12. The van der Waals surface area contributed by atoms with Crippen LogP contribution in [0.3, 0.4) is 0 Å². The first-order valence-corrected chi connectivity index (χ1v) is 7.60. The predicted octanol–water partition coefficient (Wildman–Crippen LogP) is 2.61. The Morgan fingerprint density at radius 2 is 2.08 bits per heavy atom. The second-order valence-electron chi connectivity index (χ2n) is 5.27. The molecule has 0 saturated carbocycles. The van der Waals surface area contributed by atoms with Crippen molar-refractivity contribution in [2.45, 2.75) is 0 Å². The minimum Gasteiger partial charge on any atom is -0.423 e. The van der Waals surface area contributed by atoms with Crippen molar-refractivity contribution in [3.63, 3.8) is 0 Å². The maximum Gasteiger partial charge on any atom is 0.331 e. The number of hydrogen-bond donors (Lipinski definition) is 1. The van der Waals surface area contributed by atoms with Crippen molar-refractivity contribution < 1.29 is 19.2 Å². The zero-order valence-electron chi connectivity index (χ0n) is 12.8. The van der Waals surface area contributed by atoms with E-state index in [1.807, 2.05) is 0 Å². The second-order valence-corrected chi connectivity index (χ2v) is 5.67. The van der Waals surface area contributed by atoms with E-state index in [-0.39, 0.29) is 29.5 Å². The topological polar surface area (TPSA) is 102 Å². The normalized spacial score (nSPS) is 13.0. The number of benzene rings is 2. The molecule has 0 spiro atoms. The van der Waals surface area contributed by atoms with Crippen molar-refractivity contribution in [3.05, 3.63) is 57.6 Å². The Bertz CT molecular complexity index is 871. The summed E-state index contributed by atoms with van der Waals surface area (Å²) in [6.45, 7) is -0.155. The first-order chi connectivity index (χ1) is 11.9. The molecule has 0 aliphatic carbocycles. The number of amides is 1. The van der Waals surface area contributed by atoms with Gasteiger partial charge in [0.1, 0.15) is 6.54 Å². The third-order valence-corrected chi connectivity index (χ3v) is 3.83. The first kappa shape index (κ1) is 16.7. The smallest absolute Gasteiger partial charge is 0.331 e. The fraction of sp³-hybridized carbons (Fsp3) is 0.125. The molecule has 0 bridgehead atoms. The van der Waals surface area contributed by atoms with Gasteiger partial charge in [0.2, 0.25) is 5.91 Å². The van der Waals surface area contributed by atoms with Crippen molar-refractivity contribution in [2.24, 2.45) is 0 Å². The number of carbonyl (C=O) groups excluding carboxylic acids is 2. The average molecular weight is 362 g/mol. The van der Waals surface area contributed by atoms with Crippen molar-refractivity contribution in [3.8, 4) is 5.75 Å². The molecule has 9 heteroatoms. The number of non-ortho nitro benzene ring substituents is 1. The van der Waals surface area contributed by atoms with E-state index in [4.69, 9.17) is 16.3 Å². The number of hydrogen-bond acceptors (Lipinski definition) is 6. The summed E-state index contributed by atoms with van der Waals surface area (Å²) in [5, 5.41) is 13.3. The Labute approximate surface area is 147 Å². The lowest BCUT2D eigenvalue weighted by Crippen LogP contribution is -2.41. The number of nitro groups is 1. The van der Waals surface area contributed by atoms with Gasteiger partial charge >= 0.3 is 5.97 Å². The first-order valence-electron chi connectivity index (χ1n) is 7.22. The number of anilines is 2. The Balaban J connectivity index is 1.73. The Kier molecular flexibility index (Phi) is 4.53. The molecule has 0 radical (unpaired) electrons. The molecule has 2 aromatic carbocycles. The summed E-state index contributed by atoms with van der Waals surface area (Å²) in [6.07, 6.45) is 0. The van der Waals surface area contributed by atoms with Crippen LogP contribution in [0.2, 0.25) is 5.02 Å². The summed E-state index contributed by atoms with van der Waals surface area (Å²) >= 11 is 5.96. The van der Waals surface area contributed by atoms with Crippen LogP contribution >= 0.6 is 11.6 Å². The minimum absolute atomic E-state index is 0.0565. The zero-order chi connectivity index (χ0) is 18.0. The van der Waals surface area contributed by atoms with E-state index in [0.29, 0.717) is 11.4 Å². The molecule has 0 saturated heterocycles. The number of nitrogens with one attached hydrogen (secondary N) is 1. The van der Waals surface area contributed by atoms with E-state index in [1.165, 1.54) is 12.1 Å². The van der Waals surface area contributed by atoms with Crippen LogP contribution in [0, 0.1) is 10.1 Å². The van der Waals surface area contributed by atoms with E-state index in [2.05, 4.69) is 5.32 Å². The summed E-state index contributed by atoms with van der Waals surface area (Å²) in [4.78, 5) is 35.6. The molecule has 0 atom stereocenters. The highest BCUT2D eigenvalue weighted by atomic mass is 35.5. The fourth-order valence-electron chi connectivity index (χ4n) is 2.42. The highest BCUT2D eigenvalue weighted by Crippen LogP contribution is 2.31. The Morgan fingerprint density at radius 3 is 2.80 bits per heavy atom. The van der Waals surface area contributed by atoms with E-state index in [9.17, 15) is 19.7 Å². The number of fused-ring (bicyclic) bond motifs is 1. The van der Waals surface area contributed by atoms with Gasteiger partial charge in [0.15, 0.2) is 5.75 Å². The number of esters is 1. The fourth-order valence-corrected chi connectivity index (χ4v) is 2.65. The summed E-state index contributed by atoms with van der Waals surface area (Å²) in [7, 11) is 0. The molecule has 25 heavy (non-hydrogen) atoms. The predicted molar refractivity (Wildman–Crippen MR) is 91.0 cm³/mol. The molecule has 3 rings (SSSR count). The molecule has 2 aromatic rings. The number of nitro benzene ring substituents is 1.